The molecule has 0 fully saturated rings. The van der Waals surface area contributed by atoms with E-state index in [0.717, 1.165) is 18.2 Å². The summed E-state index contributed by atoms with van der Waals surface area (Å²) in [5, 5.41) is -0.115. The Kier molecular flexibility index (Phi) is 3.67. The van der Waals surface area contributed by atoms with Gasteiger partial charge >= 0.3 is 6.18 Å². The molecule has 0 aliphatic carbocycles. The number of hydrogen-bond acceptors (Lipinski definition) is 4. The second-order valence-corrected chi connectivity index (χ2v) is 4.03. The van der Waals surface area contributed by atoms with Crippen LogP contribution in [0.3, 0.4) is 0 Å². The van der Waals surface area contributed by atoms with Crippen LogP contribution in [0.4, 0.5) is 23.5 Å². The molecule has 0 radical (unpaired) electrons. The Balaban J connectivity index is 2.36. The van der Waals surface area contributed by atoms with E-state index in [1.165, 1.54) is 0 Å². The average Bonchev–Trinajstić information content (AvgIpc) is 2.31. The molecular weight excluding hydrogens is 302 g/mol. The SMILES string of the molecule is Nc1nc(Oc2ccc(F)cc2Cl)cc(C(F)(F)F)n1. The highest BCUT2D eigenvalue weighted by Crippen LogP contribution is 2.33. The lowest BCUT2D eigenvalue weighted by molar-refractivity contribution is -0.141. The van der Waals surface area contributed by atoms with Crippen molar-refractivity contribution < 1.29 is 22.3 Å². The van der Waals surface area contributed by atoms with Gasteiger partial charge in [0.05, 0.1) is 5.02 Å². The zero-order chi connectivity index (χ0) is 14.9. The van der Waals surface area contributed by atoms with Crippen LogP contribution in [0.5, 0.6) is 11.6 Å². The van der Waals surface area contributed by atoms with E-state index in [-0.39, 0.29) is 10.8 Å². The number of nitrogens with zero attached hydrogens (tertiary/aromatic N) is 2. The van der Waals surface area contributed by atoms with E-state index in [2.05, 4.69) is 9.97 Å². The Bertz CT molecular complexity index is 648. The number of anilines is 1. The van der Waals surface area contributed by atoms with Gasteiger partial charge in [-0.05, 0) is 18.2 Å². The number of alkyl halides is 3. The Labute approximate surface area is 115 Å². The van der Waals surface area contributed by atoms with Crippen molar-refractivity contribution in [2.24, 2.45) is 0 Å². The molecular formula is C11H6ClF4N3O. The number of hydrogen-bond donors (Lipinski definition) is 1. The lowest BCUT2D eigenvalue weighted by Gasteiger charge is -2.10. The van der Waals surface area contributed by atoms with Crippen LogP contribution < -0.4 is 10.5 Å². The summed E-state index contributed by atoms with van der Waals surface area (Å²) in [6.45, 7) is 0. The minimum Gasteiger partial charge on any atom is -0.437 e. The van der Waals surface area contributed by atoms with Gasteiger partial charge in [0.1, 0.15) is 11.6 Å². The molecule has 0 aliphatic heterocycles. The van der Waals surface area contributed by atoms with E-state index < -0.39 is 29.5 Å². The Hall–Kier alpha value is -2.09. The lowest BCUT2D eigenvalue weighted by Crippen LogP contribution is -2.11. The Morgan fingerprint density at radius 2 is 1.85 bits per heavy atom. The molecule has 0 spiro atoms. The predicted octanol–water partition coefficient (Wildman–Crippen LogP) is 3.66. The predicted molar refractivity (Wildman–Crippen MR) is 62.9 cm³/mol. The van der Waals surface area contributed by atoms with Crippen molar-refractivity contribution in [1.82, 2.24) is 9.97 Å². The summed E-state index contributed by atoms with van der Waals surface area (Å²) >= 11 is 5.69. The van der Waals surface area contributed by atoms with Crippen LogP contribution in [0.2, 0.25) is 5.02 Å². The molecule has 0 bridgehead atoms. The molecule has 20 heavy (non-hydrogen) atoms. The van der Waals surface area contributed by atoms with Gasteiger partial charge in [0.15, 0.2) is 5.69 Å². The fraction of sp³-hybridized carbons (Fsp3) is 0.0909. The largest absolute Gasteiger partial charge is 0.437 e. The van der Waals surface area contributed by atoms with Crippen LogP contribution in [0, 0.1) is 5.82 Å². The number of halogens is 5. The van der Waals surface area contributed by atoms with Crippen molar-refractivity contribution in [3.63, 3.8) is 0 Å². The lowest BCUT2D eigenvalue weighted by atomic mass is 10.3. The molecule has 0 unspecified atom stereocenters. The first kappa shape index (κ1) is 14.3. The summed E-state index contributed by atoms with van der Waals surface area (Å²) in [5.41, 5.74) is 3.93. The van der Waals surface area contributed by atoms with Gasteiger partial charge in [0.2, 0.25) is 11.8 Å². The molecule has 0 saturated heterocycles. The molecule has 0 atom stereocenters. The van der Waals surface area contributed by atoms with Gasteiger partial charge in [-0.3, -0.25) is 0 Å². The molecule has 106 valence electrons. The number of rotatable bonds is 2. The maximum absolute atomic E-state index is 12.8. The highest BCUT2D eigenvalue weighted by molar-refractivity contribution is 6.32. The highest BCUT2D eigenvalue weighted by Gasteiger charge is 2.33. The zero-order valence-corrected chi connectivity index (χ0v) is 10.3. The van der Waals surface area contributed by atoms with Crippen molar-refractivity contribution in [3.8, 4) is 11.6 Å². The van der Waals surface area contributed by atoms with Crippen molar-refractivity contribution in [1.29, 1.82) is 0 Å². The summed E-state index contributed by atoms with van der Waals surface area (Å²) < 4.78 is 55.5. The molecule has 2 N–H and O–H groups in total. The quantitative estimate of drug-likeness (QED) is 0.860. The van der Waals surface area contributed by atoms with Gasteiger partial charge in [-0.2, -0.15) is 18.2 Å². The van der Waals surface area contributed by atoms with E-state index in [1.807, 2.05) is 0 Å². The van der Waals surface area contributed by atoms with Gasteiger partial charge < -0.3 is 10.5 Å². The molecule has 0 amide bonds. The maximum Gasteiger partial charge on any atom is 0.433 e. The van der Waals surface area contributed by atoms with Crippen molar-refractivity contribution >= 4 is 17.5 Å². The molecule has 4 nitrogen and oxygen atoms in total. The van der Waals surface area contributed by atoms with Crippen molar-refractivity contribution in [2.45, 2.75) is 6.18 Å². The highest BCUT2D eigenvalue weighted by atomic mass is 35.5. The molecule has 2 rings (SSSR count). The summed E-state index contributed by atoms with van der Waals surface area (Å²) in [7, 11) is 0. The third-order valence-corrected chi connectivity index (χ3v) is 2.41. The van der Waals surface area contributed by atoms with Gasteiger partial charge in [0, 0.05) is 6.07 Å². The average molecular weight is 308 g/mol. The van der Waals surface area contributed by atoms with Crippen LogP contribution in [0.25, 0.3) is 0 Å². The second-order valence-electron chi connectivity index (χ2n) is 3.62. The van der Waals surface area contributed by atoms with E-state index in [9.17, 15) is 17.6 Å². The smallest absolute Gasteiger partial charge is 0.433 e. The summed E-state index contributed by atoms with van der Waals surface area (Å²) in [6, 6.07) is 3.71. The number of aromatic nitrogens is 2. The number of ether oxygens (including phenoxy) is 1. The first-order valence-electron chi connectivity index (χ1n) is 5.10. The number of nitrogens with two attached hydrogens (primary N) is 1. The minimum atomic E-state index is -4.69. The molecule has 0 aliphatic rings. The van der Waals surface area contributed by atoms with Crippen LogP contribution >= 0.6 is 11.6 Å². The van der Waals surface area contributed by atoms with Gasteiger partial charge in [-0.1, -0.05) is 11.6 Å². The topological polar surface area (TPSA) is 61.0 Å². The van der Waals surface area contributed by atoms with E-state index >= 15 is 0 Å². The fourth-order valence-electron chi connectivity index (χ4n) is 1.31. The Morgan fingerprint density at radius 1 is 1.15 bits per heavy atom. The van der Waals surface area contributed by atoms with Crippen LogP contribution in [0.1, 0.15) is 5.69 Å². The maximum atomic E-state index is 12.8. The van der Waals surface area contributed by atoms with Crippen molar-refractivity contribution in [3.05, 3.63) is 40.8 Å². The van der Waals surface area contributed by atoms with Gasteiger partial charge in [-0.25, -0.2) is 9.37 Å². The summed E-state index contributed by atoms with van der Waals surface area (Å²) in [5.74, 6) is -1.72. The molecule has 1 aromatic heterocycles. The van der Waals surface area contributed by atoms with Crippen molar-refractivity contribution in [2.75, 3.05) is 5.73 Å². The zero-order valence-electron chi connectivity index (χ0n) is 9.58. The van der Waals surface area contributed by atoms with E-state index in [1.54, 1.807) is 0 Å². The van der Waals surface area contributed by atoms with Crippen LogP contribution in [-0.4, -0.2) is 9.97 Å². The molecule has 1 aromatic carbocycles. The molecule has 9 heteroatoms. The third kappa shape index (κ3) is 3.27. The first-order chi connectivity index (χ1) is 9.25. The van der Waals surface area contributed by atoms with E-state index in [4.69, 9.17) is 22.1 Å². The summed E-state index contributed by atoms with van der Waals surface area (Å²) in [4.78, 5) is 6.55. The standard InChI is InChI=1S/C11H6ClF4N3O/c12-6-3-5(13)1-2-7(6)20-9-4-8(11(14,15)16)18-10(17)19-9/h1-4H,(H2,17,18,19). The Morgan fingerprint density at radius 3 is 2.45 bits per heavy atom. The van der Waals surface area contributed by atoms with Crippen LogP contribution in [-0.2, 0) is 6.18 Å². The first-order valence-corrected chi connectivity index (χ1v) is 5.48. The van der Waals surface area contributed by atoms with Crippen LogP contribution in [0.15, 0.2) is 24.3 Å². The van der Waals surface area contributed by atoms with Gasteiger partial charge in [0.25, 0.3) is 0 Å². The monoisotopic (exact) mass is 307 g/mol. The third-order valence-electron chi connectivity index (χ3n) is 2.12. The molecule has 2 aromatic rings. The number of benzene rings is 1. The normalized spacial score (nSPS) is 11.4. The minimum absolute atomic E-state index is 0.0562. The number of nitrogen functional groups attached to an aromatic ring is 1. The summed E-state index contributed by atoms with van der Waals surface area (Å²) in [6.07, 6.45) is -4.69. The van der Waals surface area contributed by atoms with E-state index in [0.29, 0.717) is 6.07 Å². The molecule has 0 saturated carbocycles. The second kappa shape index (κ2) is 5.12. The fourth-order valence-corrected chi connectivity index (χ4v) is 1.52. The van der Waals surface area contributed by atoms with Gasteiger partial charge in [-0.15, -0.1) is 0 Å². The molecule has 1 heterocycles.